The van der Waals surface area contributed by atoms with Gasteiger partial charge < -0.3 is 0 Å². The average molecular weight is 349 g/mol. The molecule has 2 aliphatic rings. The quantitative estimate of drug-likeness (QED) is 0.594. The molecular weight excluding hydrogens is 316 g/mol. The number of rotatable bonds is 0. The molecule has 26 heavy (non-hydrogen) atoms. The van der Waals surface area contributed by atoms with Gasteiger partial charge in [-0.1, -0.05) is 53.7 Å². The van der Waals surface area contributed by atoms with E-state index < -0.39 is 0 Å². The zero-order chi connectivity index (χ0) is 19.3. The molecule has 0 spiro atoms. The molecule has 2 heteroatoms. The topological polar surface area (TPSA) is 47.6 Å². The van der Waals surface area contributed by atoms with Crippen LogP contribution in [0.3, 0.4) is 0 Å². The smallest absolute Gasteiger partial charge is 0.0876 e. The monoisotopic (exact) mass is 348 g/mol. The van der Waals surface area contributed by atoms with Crippen molar-refractivity contribution in [2.24, 2.45) is 28.6 Å². The van der Waals surface area contributed by atoms with Crippen LogP contribution >= 0.6 is 0 Å². The lowest BCUT2D eigenvalue weighted by Crippen LogP contribution is -2.38. The van der Waals surface area contributed by atoms with Gasteiger partial charge in [-0.25, -0.2) is 0 Å². The standard InChI is InChI=1S/C24H32N2/c1-23(2,3)16-8-10-17-15(11-16)7-9-18-19(17)12-22(24(4,5)6)21(14-26)20(18)13-25/h7,9,16,20-22H,8,10-12H2,1-6H3. The summed E-state index contributed by atoms with van der Waals surface area (Å²) < 4.78 is 0. The largest absolute Gasteiger partial charge is 0.198 e. The number of hydrogen-bond donors (Lipinski definition) is 0. The maximum atomic E-state index is 9.87. The van der Waals surface area contributed by atoms with Gasteiger partial charge in [-0.3, -0.25) is 0 Å². The van der Waals surface area contributed by atoms with Crippen molar-refractivity contribution in [2.75, 3.05) is 0 Å². The molecule has 1 aromatic carbocycles. The molecule has 2 nitrogen and oxygen atoms in total. The van der Waals surface area contributed by atoms with Crippen molar-refractivity contribution in [3.8, 4) is 12.1 Å². The molecule has 0 saturated heterocycles. The first-order valence-corrected chi connectivity index (χ1v) is 10.0. The lowest BCUT2D eigenvalue weighted by Gasteiger charge is -2.43. The molecule has 4 unspecified atom stereocenters. The van der Waals surface area contributed by atoms with E-state index in [1.54, 1.807) is 0 Å². The molecule has 4 atom stereocenters. The molecule has 1 aromatic rings. The summed E-state index contributed by atoms with van der Waals surface area (Å²) in [4.78, 5) is 0. The van der Waals surface area contributed by atoms with Crippen LogP contribution < -0.4 is 0 Å². The molecule has 3 rings (SSSR count). The van der Waals surface area contributed by atoms with Crippen LogP contribution in [0.4, 0.5) is 0 Å². The summed E-state index contributed by atoms with van der Waals surface area (Å²) >= 11 is 0. The van der Waals surface area contributed by atoms with E-state index in [2.05, 4.69) is 65.8 Å². The van der Waals surface area contributed by atoms with Crippen molar-refractivity contribution in [1.82, 2.24) is 0 Å². The average Bonchev–Trinajstić information content (AvgIpc) is 2.57. The summed E-state index contributed by atoms with van der Waals surface area (Å²) in [6, 6.07) is 9.38. The number of nitriles is 2. The summed E-state index contributed by atoms with van der Waals surface area (Å²) in [5.41, 5.74) is 5.87. The van der Waals surface area contributed by atoms with E-state index in [1.807, 2.05) is 0 Å². The summed E-state index contributed by atoms with van der Waals surface area (Å²) in [6.45, 7) is 13.7. The third-order valence-corrected chi connectivity index (χ3v) is 6.95. The summed E-state index contributed by atoms with van der Waals surface area (Å²) in [6.07, 6.45) is 4.43. The third kappa shape index (κ3) is 3.16. The maximum absolute atomic E-state index is 9.87. The van der Waals surface area contributed by atoms with E-state index in [4.69, 9.17) is 0 Å². The lowest BCUT2D eigenvalue weighted by atomic mass is 9.59. The molecule has 0 amide bonds. The molecule has 0 heterocycles. The molecular formula is C24H32N2. The summed E-state index contributed by atoms with van der Waals surface area (Å²) in [5.74, 6) is 0.445. The number of benzene rings is 1. The Labute approximate surface area is 159 Å². The van der Waals surface area contributed by atoms with E-state index >= 15 is 0 Å². The zero-order valence-corrected chi connectivity index (χ0v) is 17.2. The predicted octanol–water partition coefficient (Wildman–Crippen LogP) is 5.80. The molecule has 0 bridgehead atoms. The second-order valence-corrected chi connectivity index (χ2v) is 10.5. The lowest BCUT2D eigenvalue weighted by molar-refractivity contribution is 0.166. The first-order valence-electron chi connectivity index (χ1n) is 10.0. The van der Waals surface area contributed by atoms with Crippen molar-refractivity contribution in [1.29, 1.82) is 10.5 Å². The highest BCUT2D eigenvalue weighted by molar-refractivity contribution is 5.49. The minimum absolute atomic E-state index is 0.0263. The first kappa shape index (κ1) is 19.0. The van der Waals surface area contributed by atoms with Crippen LogP contribution in [0.5, 0.6) is 0 Å². The van der Waals surface area contributed by atoms with Gasteiger partial charge in [0.05, 0.1) is 24.0 Å². The molecule has 0 aromatic heterocycles. The van der Waals surface area contributed by atoms with E-state index in [-0.39, 0.29) is 23.2 Å². The Morgan fingerprint density at radius 2 is 1.58 bits per heavy atom. The highest BCUT2D eigenvalue weighted by Crippen LogP contribution is 2.49. The molecule has 0 fully saturated rings. The Kier molecular flexibility index (Phi) is 4.69. The number of nitrogens with zero attached hydrogens (tertiary/aromatic N) is 2. The van der Waals surface area contributed by atoms with Crippen LogP contribution in [0.25, 0.3) is 0 Å². The summed E-state index contributed by atoms with van der Waals surface area (Å²) in [7, 11) is 0. The van der Waals surface area contributed by atoms with Crippen molar-refractivity contribution in [3.63, 3.8) is 0 Å². The van der Waals surface area contributed by atoms with Crippen molar-refractivity contribution in [2.45, 2.75) is 73.1 Å². The van der Waals surface area contributed by atoms with Crippen LogP contribution in [0.2, 0.25) is 0 Å². The summed E-state index contributed by atoms with van der Waals surface area (Å²) in [5, 5.41) is 19.7. The Morgan fingerprint density at radius 3 is 2.12 bits per heavy atom. The number of hydrogen-bond acceptors (Lipinski definition) is 2. The van der Waals surface area contributed by atoms with Crippen LogP contribution in [0.15, 0.2) is 12.1 Å². The Morgan fingerprint density at radius 1 is 0.885 bits per heavy atom. The molecule has 0 aliphatic heterocycles. The highest BCUT2D eigenvalue weighted by Gasteiger charge is 2.44. The van der Waals surface area contributed by atoms with Gasteiger partial charge in [-0.2, -0.15) is 10.5 Å². The molecule has 138 valence electrons. The fraction of sp³-hybridized carbons (Fsp3) is 0.667. The molecule has 0 radical (unpaired) electrons. The normalized spacial score (nSPS) is 28.5. The van der Waals surface area contributed by atoms with Gasteiger partial charge in [0.15, 0.2) is 0 Å². The van der Waals surface area contributed by atoms with Gasteiger partial charge in [0, 0.05) is 0 Å². The van der Waals surface area contributed by atoms with Crippen molar-refractivity contribution < 1.29 is 0 Å². The van der Waals surface area contributed by atoms with Crippen LogP contribution in [0.1, 0.15) is 76.1 Å². The SMILES string of the molecule is CC(C)(C)C1CCc2c(ccc3c2CC(C(C)(C)C)C(C#N)C3C#N)C1. The second-order valence-electron chi connectivity index (χ2n) is 10.5. The maximum Gasteiger partial charge on any atom is 0.0876 e. The fourth-order valence-electron chi connectivity index (χ4n) is 5.15. The Hall–Kier alpha value is -1.80. The number of fused-ring (bicyclic) bond motifs is 3. The van der Waals surface area contributed by atoms with Gasteiger partial charge in [0.25, 0.3) is 0 Å². The van der Waals surface area contributed by atoms with Crippen LogP contribution in [0, 0.1) is 51.2 Å². The fourth-order valence-corrected chi connectivity index (χ4v) is 5.15. The molecule has 0 N–H and O–H groups in total. The third-order valence-electron chi connectivity index (χ3n) is 6.95. The van der Waals surface area contributed by atoms with Crippen molar-refractivity contribution >= 4 is 0 Å². The molecule has 0 saturated carbocycles. The van der Waals surface area contributed by atoms with Gasteiger partial charge >= 0.3 is 0 Å². The van der Waals surface area contributed by atoms with Gasteiger partial charge in [0.1, 0.15) is 0 Å². The molecule has 2 aliphatic carbocycles. The second kappa shape index (κ2) is 6.42. The van der Waals surface area contributed by atoms with Crippen molar-refractivity contribution in [3.05, 3.63) is 34.4 Å². The van der Waals surface area contributed by atoms with Crippen LogP contribution in [-0.2, 0) is 19.3 Å². The van der Waals surface area contributed by atoms with Crippen LogP contribution in [-0.4, -0.2) is 0 Å². The van der Waals surface area contributed by atoms with E-state index in [9.17, 15) is 10.5 Å². The minimum Gasteiger partial charge on any atom is -0.198 e. The Balaban J connectivity index is 2.08. The zero-order valence-electron chi connectivity index (χ0n) is 17.2. The van der Waals surface area contributed by atoms with E-state index in [1.165, 1.54) is 23.1 Å². The Bertz CT molecular complexity index is 777. The van der Waals surface area contributed by atoms with E-state index in [0.29, 0.717) is 11.3 Å². The predicted molar refractivity (Wildman–Crippen MR) is 106 cm³/mol. The highest BCUT2D eigenvalue weighted by atomic mass is 14.5. The van der Waals surface area contributed by atoms with Gasteiger partial charge in [-0.05, 0) is 70.6 Å². The van der Waals surface area contributed by atoms with E-state index in [0.717, 1.165) is 24.8 Å². The van der Waals surface area contributed by atoms with Gasteiger partial charge in [-0.15, -0.1) is 0 Å². The first-order chi connectivity index (χ1) is 12.1. The minimum atomic E-state index is -0.293. The van der Waals surface area contributed by atoms with Gasteiger partial charge in [0.2, 0.25) is 0 Å².